The second-order valence-electron chi connectivity index (χ2n) is 4.91. The highest BCUT2D eigenvalue weighted by atomic mass is 32.1. The SMILES string of the molecule is CC(N)c1nc(CN2CCc3ccc(F)cc32)cs1. The van der Waals surface area contributed by atoms with Crippen molar-refractivity contribution in [2.45, 2.75) is 25.9 Å². The van der Waals surface area contributed by atoms with E-state index >= 15 is 0 Å². The van der Waals surface area contributed by atoms with Gasteiger partial charge in [-0.15, -0.1) is 11.3 Å². The van der Waals surface area contributed by atoms with Crippen molar-refractivity contribution in [3.05, 3.63) is 45.7 Å². The van der Waals surface area contributed by atoms with Crippen LogP contribution in [0.25, 0.3) is 0 Å². The van der Waals surface area contributed by atoms with Gasteiger partial charge in [0.15, 0.2) is 0 Å². The Morgan fingerprint density at radius 1 is 1.53 bits per heavy atom. The van der Waals surface area contributed by atoms with Crippen molar-refractivity contribution in [2.75, 3.05) is 11.4 Å². The maximum absolute atomic E-state index is 13.3. The normalized spacial score (nSPS) is 15.6. The van der Waals surface area contributed by atoms with Crippen molar-refractivity contribution in [3.63, 3.8) is 0 Å². The fourth-order valence-electron chi connectivity index (χ4n) is 2.38. The molecule has 0 amide bonds. The second kappa shape index (κ2) is 4.90. The molecule has 0 saturated carbocycles. The highest BCUT2D eigenvalue weighted by Gasteiger charge is 2.20. The Hall–Kier alpha value is -1.46. The van der Waals surface area contributed by atoms with Crippen LogP contribution < -0.4 is 10.6 Å². The van der Waals surface area contributed by atoms with Gasteiger partial charge in [-0.05, 0) is 31.0 Å². The zero-order chi connectivity index (χ0) is 13.4. The number of nitrogens with zero attached hydrogens (tertiary/aromatic N) is 2. The molecule has 2 heterocycles. The van der Waals surface area contributed by atoms with E-state index in [1.807, 2.05) is 18.4 Å². The molecule has 5 heteroatoms. The Bertz CT molecular complexity index is 594. The topological polar surface area (TPSA) is 42.1 Å². The van der Waals surface area contributed by atoms with Crippen molar-refractivity contribution in [1.82, 2.24) is 4.98 Å². The highest BCUT2D eigenvalue weighted by Crippen LogP contribution is 2.30. The van der Waals surface area contributed by atoms with E-state index in [0.717, 1.165) is 35.9 Å². The van der Waals surface area contributed by atoms with Crippen LogP contribution in [0.4, 0.5) is 10.1 Å². The Labute approximate surface area is 115 Å². The van der Waals surface area contributed by atoms with Gasteiger partial charge in [0.1, 0.15) is 10.8 Å². The average Bonchev–Trinajstić information content (AvgIpc) is 2.98. The Balaban J connectivity index is 1.80. The number of benzene rings is 1. The molecule has 1 atom stereocenters. The van der Waals surface area contributed by atoms with Gasteiger partial charge in [0.05, 0.1) is 18.3 Å². The molecule has 1 aliphatic heterocycles. The van der Waals surface area contributed by atoms with E-state index in [1.165, 1.54) is 11.6 Å². The van der Waals surface area contributed by atoms with Gasteiger partial charge < -0.3 is 10.6 Å². The number of nitrogens with two attached hydrogens (primary N) is 1. The van der Waals surface area contributed by atoms with Crippen molar-refractivity contribution in [3.8, 4) is 0 Å². The van der Waals surface area contributed by atoms with Gasteiger partial charge in [0, 0.05) is 17.6 Å². The maximum Gasteiger partial charge on any atom is 0.125 e. The van der Waals surface area contributed by atoms with Crippen LogP contribution in [0.5, 0.6) is 0 Å². The average molecular weight is 277 g/mol. The predicted molar refractivity (Wildman–Crippen MR) is 75.9 cm³/mol. The van der Waals surface area contributed by atoms with Gasteiger partial charge in [0.25, 0.3) is 0 Å². The first-order valence-corrected chi connectivity index (χ1v) is 7.24. The number of hydrogen-bond donors (Lipinski definition) is 1. The van der Waals surface area contributed by atoms with Crippen LogP contribution in [-0.2, 0) is 13.0 Å². The Morgan fingerprint density at radius 3 is 3.11 bits per heavy atom. The summed E-state index contributed by atoms with van der Waals surface area (Å²) in [5.41, 5.74) is 9.03. The fourth-order valence-corrected chi connectivity index (χ4v) is 3.15. The van der Waals surface area contributed by atoms with E-state index < -0.39 is 0 Å². The standard InChI is InChI=1S/C14H16FN3S/c1-9(16)14-17-12(8-19-14)7-18-5-4-10-2-3-11(15)6-13(10)18/h2-3,6,8-9H,4-5,7,16H2,1H3. The van der Waals surface area contributed by atoms with Crippen LogP contribution in [0.15, 0.2) is 23.6 Å². The van der Waals surface area contributed by atoms with Crippen LogP contribution in [-0.4, -0.2) is 11.5 Å². The minimum atomic E-state index is -0.180. The van der Waals surface area contributed by atoms with Crippen LogP contribution >= 0.6 is 11.3 Å². The number of hydrogen-bond acceptors (Lipinski definition) is 4. The molecule has 1 aromatic heterocycles. The molecule has 2 aromatic rings. The van der Waals surface area contributed by atoms with Crippen molar-refractivity contribution >= 4 is 17.0 Å². The van der Waals surface area contributed by atoms with Gasteiger partial charge in [-0.1, -0.05) is 6.07 Å². The first-order valence-electron chi connectivity index (χ1n) is 6.37. The Kier molecular flexibility index (Phi) is 3.24. The van der Waals surface area contributed by atoms with Gasteiger partial charge in [-0.2, -0.15) is 0 Å². The second-order valence-corrected chi connectivity index (χ2v) is 5.80. The maximum atomic E-state index is 13.3. The minimum absolute atomic E-state index is 0.0259. The lowest BCUT2D eigenvalue weighted by Crippen LogP contribution is -2.20. The molecule has 3 nitrogen and oxygen atoms in total. The lowest BCUT2D eigenvalue weighted by Gasteiger charge is -2.18. The summed E-state index contributed by atoms with van der Waals surface area (Å²) >= 11 is 1.59. The van der Waals surface area contributed by atoms with Crippen LogP contribution in [0.2, 0.25) is 0 Å². The summed E-state index contributed by atoms with van der Waals surface area (Å²) in [6.07, 6.45) is 0.972. The number of thiazole rings is 1. The summed E-state index contributed by atoms with van der Waals surface area (Å²) in [5.74, 6) is -0.180. The van der Waals surface area contributed by atoms with E-state index in [0.29, 0.717) is 0 Å². The lowest BCUT2D eigenvalue weighted by atomic mass is 10.2. The molecular formula is C14H16FN3S. The molecule has 1 aromatic carbocycles. The predicted octanol–water partition coefficient (Wildman–Crippen LogP) is 2.86. The summed E-state index contributed by atoms with van der Waals surface area (Å²) in [4.78, 5) is 6.71. The third kappa shape index (κ3) is 2.48. The van der Waals surface area contributed by atoms with Crippen molar-refractivity contribution in [2.24, 2.45) is 5.73 Å². The molecular weight excluding hydrogens is 261 g/mol. The smallest absolute Gasteiger partial charge is 0.125 e. The molecule has 0 radical (unpaired) electrons. The van der Waals surface area contributed by atoms with E-state index in [4.69, 9.17) is 5.73 Å². The fraction of sp³-hybridized carbons (Fsp3) is 0.357. The van der Waals surface area contributed by atoms with Crippen LogP contribution in [0.1, 0.15) is 29.2 Å². The molecule has 0 fully saturated rings. The van der Waals surface area contributed by atoms with Crippen molar-refractivity contribution < 1.29 is 4.39 Å². The highest BCUT2D eigenvalue weighted by molar-refractivity contribution is 7.09. The summed E-state index contributed by atoms with van der Waals surface area (Å²) in [7, 11) is 0. The number of rotatable bonds is 3. The number of aromatic nitrogens is 1. The first-order chi connectivity index (χ1) is 9.13. The summed E-state index contributed by atoms with van der Waals surface area (Å²) in [6, 6.07) is 4.99. The molecule has 100 valence electrons. The molecule has 0 spiro atoms. The number of fused-ring (bicyclic) bond motifs is 1. The molecule has 0 saturated heterocycles. The third-order valence-corrected chi connectivity index (χ3v) is 4.45. The largest absolute Gasteiger partial charge is 0.365 e. The zero-order valence-electron chi connectivity index (χ0n) is 10.8. The van der Waals surface area contributed by atoms with Gasteiger partial charge in [0.2, 0.25) is 0 Å². The molecule has 0 bridgehead atoms. The molecule has 0 aliphatic carbocycles. The third-order valence-electron chi connectivity index (χ3n) is 3.35. The molecule has 2 N–H and O–H groups in total. The van der Waals surface area contributed by atoms with E-state index in [-0.39, 0.29) is 11.9 Å². The van der Waals surface area contributed by atoms with Gasteiger partial charge >= 0.3 is 0 Å². The van der Waals surface area contributed by atoms with Gasteiger partial charge in [-0.25, -0.2) is 9.37 Å². The van der Waals surface area contributed by atoms with Crippen LogP contribution in [0, 0.1) is 5.82 Å². The summed E-state index contributed by atoms with van der Waals surface area (Å²) in [6.45, 7) is 3.58. The number of halogens is 1. The van der Waals surface area contributed by atoms with Crippen molar-refractivity contribution in [1.29, 1.82) is 0 Å². The lowest BCUT2D eigenvalue weighted by molar-refractivity contribution is 0.627. The molecule has 1 aliphatic rings. The summed E-state index contributed by atoms with van der Waals surface area (Å²) < 4.78 is 13.3. The number of anilines is 1. The van der Waals surface area contributed by atoms with Gasteiger partial charge in [-0.3, -0.25) is 0 Å². The first kappa shape index (κ1) is 12.6. The summed E-state index contributed by atoms with van der Waals surface area (Å²) in [5, 5.41) is 2.99. The molecule has 3 rings (SSSR count). The van der Waals surface area contributed by atoms with E-state index in [1.54, 1.807) is 17.4 Å². The minimum Gasteiger partial charge on any atom is -0.365 e. The van der Waals surface area contributed by atoms with Crippen LogP contribution in [0.3, 0.4) is 0 Å². The van der Waals surface area contributed by atoms with E-state index in [2.05, 4.69) is 9.88 Å². The quantitative estimate of drug-likeness (QED) is 0.938. The monoisotopic (exact) mass is 277 g/mol. The molecule has 19 heavy (non-hydrogen) atoms. The Morgan fingerprint density at radius 2 is 2.37 bits per heavy atom. The zero-order valence-corrected chi connectivity index (χ0v) is 11.6. The van der Waals surface area contributed by atoms with E-state index in [9.17, 15) is 4.39 Å². The molecule has 1 unspecified atom stereocenters.